The van der Waals surface area contributed by atoms with Crippen molar-refractivity contribution in [3.63, 3.8) is 0 Å². The Morgan fingerprint density at radius 1 is 1.09 bits per heavy atom. The zero-order valence-electron chi connectivity index (χ0n) is 17.9. The van der Waals surface area contributed by atoms with Gasteiger partial charge in [-0.15, -0.1) is 15.3 Å². The number of fused-ring (bicyclic) bond motifs is 1. The summed E-state index contributed by atoms with van der Waals surface area (Å²) in [5.41, 5.74) is 0.470. The number of halogens is 5. The van der Waals surface area contributed by atoms with Crippen LogP contribution in [0.2, 0.25) is 0 Å². The highest BCUT2D eigenvalue weighted by atomic mass is 19.4. The summed E-state index contributed by atoms with van der Waals surface area (Å²) in [4.78, 5) is 16.3. The van der Waals surface area contributed by atoms with Crippen molar-refractivity contribution >= 4 is 17.4 Å². The van der Waals surface area contributed by atoms with E-state index < -0.39 is 29.7 Å². The number of hydrogen-bond donors (Lipinski definition) is 0. The third-order valence-corrected chi connectivity index (χ3v) is 6.03. The minimum atomic E-state index is -4.68. The third-order valence-electron chi connectivity index (χ3n) is 6.03. The molecule has 1 atom stereocenters. The molecule has 33 heavy (non-hydrogen) atoms. The first-order valence-electron chi connectivity index (χ1n) is 10.3. The van der Waals surface area contributed by atoms with Crippen LogP contribution in [0.5, 0.6) is 0 Å². The van der Waals surface area contributed by atoms with Crippen LogP contribution in [0, 0.1) is 17.6 Å². The van der Waals surface area contributed by atoms with Crippen molar-refractivity contribution in [3.05, 3.63) is 53.4 Å². The van der Waals surface area contributed by atoms with E-state index in [0.717, 1.165) is 12.1 Å². The molecule has 1 fully saturated rings. The van der Waals surface area contributed by atoms with Crippen LogP contribution in [0.3, 0.4) is 0 Å². The third kappa shape index (κ3) is 4.46. The van der Waals surface area contributed by atoms with Crippen LogP contribution in [0.4, 0.5) is 27.8 Å². The molecule has 1 aliphatic heterocycles. The summed E-state index contributed by atoms with van der Waals surface area (Å²) in [6.07, 6.45) is -3.73. The zero-order valence-corrected chi connectivity index (χ0v) is 17.9. The van der Waals surface area contributed by atoms with Gasteiger partial charge in [0.05, 0.1) is 6.04 Å². The van der Waals surface area contributed by atoms with E-state index in [0.29, 0.717) is 41.8 Å². The molecule has 0 spiro atoms. The second-order valence-corrected chi connectivity index (χ2v) is 8.04. The largest absolute Gasteiger partial charge is 0.453 e. The number of hydrogen-bond acceptors (Lipinski definition) is 5. The van der Waals surface area contributed by atoms with Gasteiger partial charge in [0, 0.05) is 26.1 Å². The SMILES string of the molecule is CC(c1ccc(F)c(F)c1)N(C)C(=O)C1CCN(c2ccc3nnc(C(F)(F)F)n3n2)CC1. The monoisotopic (exact) mass is 468 g/mol. The molecule has 2 aromatic heterocycles. The quantitative estimate of drug-likeness (QED) is 0.544. The second-order valence-electron chi connectivity index (χ2n) is 8.04. The molecular weight excluding hydrogens is 447 g/mol. The molecule has 1 aliphatic rings. The topological polar surface area (TPSA) is 66.6 Å². The van der Waals surface area contributed by atoms with E-state index in [4.69, 9.17) is 0 Å². The highest BCUT2D eigenvalue weighted by Crippen LogP contribution is 2.30. The molecule has 7 nitrogen and oxygen atoms in total. The van der Waals surface area contributed by atoms with Crippen LogP contribution in [0.15, 0.2) is 30.3 Å². The lowest BCUT2D eigenvalue weighted by atomic mass is 9.94. The highest BCUT2D eigenvalue weighted by Gasteiger charge is 2.38. The van der Waals surface area contributed by atoms with Gasteiger partial charge in [0.25, 0.3) is 5.82 Å². The maximum atomic E-state index is 13.6. The summed E-state index contributed by atoms with van der Waals surface area (Å²) in [6, 6.07) is 6.08. The highest BCUT2D eigenvalue weighted by molar-refractivity contribution is 5.79. The lowest BCUT2D eigenvalue weighted by Gasteiger charge is -2.35. The van der Waals surface area contributed by atoms with E-state index in [-0.39, 0.29) is 17.5 Å². The molecule has 4 rings (SSSR count). The number of carbonyl (C=O) groups is 1. The van der Waals surface area contributed by atoms with Crippen molar-refractivity contribution < 1.29 is 26.7 Å². The Kier molecular flexibility index (Phi) is 5.93. The Bertz CT molecular complexity index is 1170. The molecule has 12 heteroatoms. The first-order valence-corrected chi connectivity index (χ1v) is 10.3. The minimum absolute atomic E-state index is 0.0102. The molecule has 0 aliphatic carbocycles. The fourth-order valence-electron chi connectivity index (χ4n) is 3.95. The van der Waals surface area contributed by atoms with Gasteiger partial charge in [-0.2, -0.15) is 17.7 Å². The Morgan fingerprint density at radius 3 is 2.42 bits per heavy atom. The van der Waals surface area contributed by atoms with E-state index in [9.17, 15) is 26.7 Å². The number of anilines is 1. The van der Waals surface area contributed by atoms with Gasteiger partial charge in [0.1, 0.15) is 5.82 Å². The molecule has 3 heterocycles. The summed E-state index contributed by atoms with van der Waals surface area (Å²) in [7, 11) is 1.61. The number of rotatable bonds is 4. The summed E-state index contributed by atoms with van der Waals surface area (Å²) in [5.74, 6) is -3.22. The second kappa shape index (κ2) is 8.56. The van der Waals surface area contributed by atoms with Gasteiger partial charge in [-0.1, -0.05) is 6.07 Å². The van der Waals surface area contributed by atoms with Gasteiger partial charge < -0.3 is 9.80 Å². The summed E-state index contributed by atoms with van der Waals surface area (Å²) in [6.45, 7) is 2.58. The Labute approximate surface area is 185 Å². The number of piperidine rings is 1. The van der Waals surface area contributed by atoms with E-state index in [1.54, 1.807) is 20.0 Å². The van der Waals surface area contributed by atoms with Gasteiger partial charge in [-0.3, -0.25) is 4.79 Å². The molecular formula is C21H21F5N6O. The molecule has 1 saturated heterocycles. The first-order chi connectivity index (χ1) is 15.6. The van der Waals surface area contributed by atoms with Crippen LogP contribution >= 0.6 is 0 Å². The maximum absolute atomic E-state index is 13.6. The standard InChI is InChI=1S/C21H21F5N6O/c1-12(14-3-4-15(22)16(23)11-14)30(2)19(33)13-7-9-31(10-8-13)18-6-5-17-27-28-20(21(24,25)26)32(17)29-18/h3-6,11-13H,7-10H2,1-2H3. The zero-order chi connectivity index (χ0) is 23.9. The van der Waals surface area contributed by atoms with E-state index >= 15 is 0 Å². The van der Waals surface area contributed by atoms with E-state index in [2.05, 4.69) is 15.3 Å². The fourth-order valence-corrected chi connectivity index (χ4v) is 3.95. The van der Waals surface area contributed by atoms with Crippen LogP contribution in [0.25, 0.3) is 5.65 Å². The number of carbonyl (C=O) groups excluding carboxylic acids is 1. The molecule has 0 radical (unpaired) electrons. The van der Waals surface area contributed by atoms with Crippen LogP contribution < -0.4 is 4.90 Å². The van der Waals surface area contributed by atoms with Crippen molar-refractivity contribution in [1.29, 1.82) is 0 Å². The number of nitrogens with zero attached hydrogens (tertiary/aromatic N) is 6. The molecule has 0 bridgehead atoms. The molecule has 0 N–H and O–H groups in total. The predicted octanol–water partition coefficient (Wildman–Crippen LogP) is 3.86. The Balaban J connectivity index is 1.43. The van der Waals surface area contributed by atoms with Gasteiger partial charge >= 0.3 is 6.18 Å². The smallest absolute Gasteiger partial charge is 0.355 e. The van der Waals surface area contributed by atoms with Gasteiger partial charge in [0.15, 0.2) is 17.3 Å². The van der Waals surface area contributed by atoms with Crippen molar-refractivity contribution in [2.24, 2.45) is 5.92 Å². The predicted molar refractivity (Wildman–Crippen MR) is 108 cm³/mol. The lowest BCUT2D eigenvalue weighted by Crippen LogP contribution is -2.42. The van der Waals surface area contributed by atoms with E-state index in [1.807, 2.05) is 4.90 Å². The van der Waals surface area contributed by atoms with E-state index in [1.165, 1.54) is 17.0 Å². The molecule has 1 amide bonds. The van der Waals surface area contributed by atoms with Crippen LogP contribution in [-0.2, 0) is 11.0 Å². The molecule has 3 aromatic rings. The maximum Gasteiger partial charge on any atom is 0.453 e. The Morgan fingerprint density at radius 2 is 1.79 bits per heavy atom. The first kappa shape index (κ1) is 22.9. The van der Waals surface area contributed by atoms with Gasteiger partial charge in [-0.05, 0) is 49.6 Å². The molecule has 176 valence electrons. The average Bonchev–Trinajstić information content (AvgIpc) is 3.23. The van der Waals surface area contributed by atoms with Crippen LogP contribution in [0.1, 0.15) is 37.2 Å². The van der Waals surface area contributed by atoms with Gasteiger partial charge in [0.2, 0.25) is 5.91 Å². The number of aromatic nitrogens is 4. The fraction of sp³-hybridized carbons (Fsp3) is 0.429. The van der Waals surface area contributed by atoms with Crippen molar-refractivity contribution in [3.8, 4) is 0 Å². The number of benzene rings is 1. The molecule has 0 saturated carbocycles. The van der Waals surface area contributed by atoms with Crippen LogP contribution in [-0.4, -0.2) is 50.8 Å². The van der Waals surface area contributed by atoms with Gasteiger partial charge in [-0.25, -0.2) is 8.78 Å². The van der Waals surface area contributed by atoms with Crippen molar-refractivity contribution in [2.75, 3.05) is 25.0 Å². The summed E-state index contributed by atoms with van der Waals surface area (Å²) >= 11 is 0. The molecule has 1 aromatic carbocycles. The average molecular weight is 468 g/mol. The van der Waals surface area contributed by atoms with Crippen molar-refractivity contribution in [1.82, 2.24) is 24.7 Å². The lowest BCUT2D eigenvalue weighted by molar-refractivity contribution is -0.146. The minimum Gasteiger partial charge on any atom is -0.355 e. The normalized spacial score (nSPS) is 16.3. The summed E-state index contributed by atoms with van der Waals surface area (Å²) in [5, 5.41) is 10.7. The van der Waals surface area contributed by atoms with Crippen molar-refractivity contribution in [2.45, 2.75) is 32.0 Å². The number of amides is 1. The summed E-state index contributed by atoms with van der Waals surface area (Å²) < 4.78 is 66.8. The number of alkyl halides is 3. The molecule has 1 unspecified atom stereocenters. The Hall–Kier alpha value is -3.31.